The molecule has 0 saturated carbocycles. The van der Waals surface area contributed by atoms with Crippen LogP contribution in [-0.2, 0) is 14.8 Å². The number of likely N-dealkylation sites (tertiary alicyclic amines) is 1. The molecule has 0 aliphatic carbocycles. The van der Waals surface area contributed by atoms with Crippen LogP contribution < -0.4 is 0 Å². The molecule has 2 aliphatic heterocycles. The Kier molecular flexibility index (Phi) is 5.04. The molecule has 1 amide bonds. The number of piperidine rings is 1. The summed E-state index contributed by atoms with van der Waals surface area (Å²) in [5.41, 5.74) is 0.634. The molecular formula is C17H22N4O4S2. The topological polar surface area (TPSA) is 96.6 Å². The van der Waals surface area contributed by atoms with Gasteiger partial charge in [0.25, 0.3) is 10.0 Å². The Morgan fingerprint density at radius 1 is 1.22 bits per heavy atom. The molecule has 4 rings (SSSR count). The van der Waals surface area contributed by atoms with Crippen LogP contribution in [0, 0.1) is 12.8 Å². The monoisotopic (exact) mass is 410 g/mol. The molecule has 2 saturated heterocycles. The minimum atomic E-state index is -3.57. The van der Waals surface area contributed by atoms with Crippen molar-refractivity contribution in [1.29, 1.82) is 0 Å². The van der Waals surface area contributed by atoms with Crippen LogP contribution in [0.25, 0.3) is 11.4 Å². The summed E-state index contributed by atoms with van der Waals surface area (Å²) in [7, 11) is -3.57. The van der Waals surface area contributed by atoms with Gasteiger partial charge in [0.1, 0.15) is 4.21 Å². The third kappa shape index (κ3) is 3.65. The van der Waals surface area contributed by atoms with E-state index in [4.69, 9.17) is 4.52 Å². The lowest BCUT2D eigenvalue weighted by molar-refractivity contribution is -0.135. The number of nitrogens with zero attached hydrogens (tertiary/aromatic N) is 4. The summed E-state index contributed by atoms with van der Waals surface area (Å²) in [6, 6.07) is 1.59. The molecular weight excluding hydrogens is 388 g/mol. The first kappa shape index (κ1) is 18.6. The third-order valence-corrected chi connectivity index (χ3v) is 8.49. The molecule has 27 heavy (non-hydrogen) atoms. The van der Waals surface area contributed by atoms with Crippen LogP contribution in [0.1, 0.15) is 31.6 Å². The Morgan fingerprint density at radius 3 is 2.56 bits per heavy atom. The molecule has 146 valence electrons. The molecule has 0 radical (unpaired) electrons. The predicted molar refractivity (Wildman–Crippen MR) is 99.6 cm³/mol. The minimum absolute atomic E-state index is 0.0595. The highest BCUT2D eigenvalue weighted by molar-refractivity contribution is 7.91. The lowest BCUT2D eigenvalue weighted by atomic mass is 9.97. The zero-order chi connectivity index (χ0) is 19.0. The van der Waals surface area contributed by atoms with Crippen LogP contribution >= 0.6 is 11.3 Å². The molecule has 0 N–H and O–H groups in total. The maximum atomic E-state index is 12.9. The first-order valence-corrected chi connectivity index (χ1v) is 11.5. The molecule has 8 nitrogen and oxygen atoms in total. The van der Waals surface area contributed by atoms with Gasteiger partial charge in [-0.2, -0.15) is 9.29 Å². The summed E-state index contributed by atoms with van der Waals surface area (Å²) in [6.45, 7) is 4.12. The first-order valence-electron chi connectivity index (χ1n) is 9.13. The lowest BCUT2D eigenvalue weighted by Gasteiger charge is -2.32. The zero-order valence-corrected chi connectivity index (χ0v) is 16.8. The van der Waals surface area contributed by atoms with Gasteiger partial charge >= 0.3 is 0 Å². The normalized spacial score (nSPS) is 19.7. The van der Waals surface area contributed by atoms with E-state index in [0.29, 0.717) is 43.2 Å². The molecule has 2 fully saturated rings. The van der Waals surface area contributed by atoms with Crippen LogP contribution in [-0.4, -0.2) is 59.8 Å². The van der Waals surface area contributed by atoms with Crippen molar-refractivity contribution in [3.63, 3.8) is 0 Å². The maximum Gasteiger partial charge on any atom is 0.252 e. The van der Waals surface area contributed by atoms with E-state index in [1.807, 2.05) is 4.90 Å². The van der Waals surface area contributed by atoms with E-state index in [2.05, 4.69) is 10.1 Å². The number of hydrogen-bond acceptors (Lipinski definition) is 7. The Morgan fingerprint density at radius 2 is 1.93 bits per heavy atom. The SMILES string of the molecule is Cc1nc(-c2csc(S(=O)(=O)N3CCC(C(=O)N4CCCC4)CC3)c2)no1. The summed E-state index contributed by atoms with van der Waals surface area (Å²) in [6.07, 6.45) is 3.30. The zero-order valence-electron chi connectivity index (χ0n) is 15.1. The molecule has 2 aliphatic rings. The molecule has 10 heteroatoms. The molecule has 4 heterocycles. The van der Waals surface area contributed by atoms with Crippen molar-refractivity contribution in [2.24, 2.45) is 5.92 Å². The van der Waals surface area contributed by atoms with E-state index < -0.39 is 10.0 Å². The van der Waals surface area contributed by atoms with Crippen molar-refractivity contribution in [3.8, 4) is 11.4 Å². The Bertz CT molecular complexity index is 922. The highest BCUT2D eigenvalue weighted by Crippen LogP contribution is 2.31. The van der Waals surface area contributed by atoms with Crippen LogP contribution in [0.3, 0.4) is 0 Å². The number of hydrogen-bond donors (Lipinski definition) is 0. The highest BCUT2D eigenvalue weighted by atomic mass is 32.2. The number of sulfonamides is 1. The molecule has 2 aromatic rings. The second-order valence-electron chi connectivity index (χ2n) is 7.00. The van der Waals surface area contributed by atoms with Gasteiger partial charge < -0.3 is 9.42 Å². The summed E-state index contributed by atoms with van der Waals surface area (Å²) < 4.78 is 32.6. The number of rotatable bonds is 4. The van der Waals surface area contributed by atoms with E-state index in [1.54, 1.807) is 18.4 Å². The Labute approximate surface area is 162 Å². The minimum Gasteiger partial charge on any atom is -0.342 e. The molecule has 0 aromatic carbocycles. The Balaban J connectivity index is 1.43. The number of aryl methyl sites for hydroxylation is 1. The fourth-order valence-corrected chi connectivity index (χ4v) is 6.43. The van der Waals surface area contributed by atoms with Gasteiger partial charge in [-0.25, -0.2) is 8.42 Å². The van der Waals surface area contributed by atoms with Gasteiger partial charge in [0, 0.05) is 50.0 Å². The summed E-state index contributed by atoms with van der Waals surface area (Å²) >= 11 is 1.16. The number of carbonyl (C=O) groups excluding carboxylic acids is 1. The van der Waals surface area contributed by atoms with Crippen molar-refractivity contribution in [1.82, 2.24) is 19.3 Å². The summed E-state index contributed by atoms with van der Waals surface area (Å²) in [5.74, 6) is 0.955. The van der Waals surface area contributed by atoms with Gasteiger partial charge in [-0.1, -0.05) is 5.16 Å². The number of thiophene rings is 1. The van der Waals surface area contributed by atoms with Gasteiger partial charge in [-0.05, 0) is 31.7 Å². The van der Waals surface area contributed by atoms with Crippen molar-refractivity contribution in [3.05, 3.63) is 17.3 Å². The number of aromatic nitrogens is 2. The van der Waals surface area contributed by atoms with E-state index in [0.717, 1.165) is 37.3 Å². The van der Waals surface area contributed by atoms with Crippen LogP contribution in [0.15, 0.2) is 20.2 Å². The third-order valence-electron chi connectivity index (χ3n) is 5.18. The molecule has 0 bridgehead atoms. The fourth-order valence-electron chi connectivity index (χ4n) is 3.65. The first-order chi connectivity index (χ1) is 12.9. The largest absolute Gasteiger partial charge is 0.342 e. The van der Waals surface area contributed by atoms with Crippen molar-refractivity contribution in [2.75, 3.05) is 26.2 Å². The predicted octanol–water partition coefficient (Wildman–Crippen LogP) is 2.13. The number of amides is 1. The van der Waals surface area contributed by atoms with E-state index in [9.17, 15) is 13.2 Å². The molecule has 0 atom stereocenters. The van der Waals surface area contributed by atoms with Crippen molar-refractivity contribution in [2.45, 2.75) is 36.8 Å². The van der Waals surface area contributed by atoms with Gasteiger partial charge in [0.15, 0.2) is 0 Å². The van der Waals surface area contributed by atoms with Crippen molar-refractivity contribution >= 4 is 27.3 Å². The van der Waals surface area contributed by atoms with Crippen LogP contribution in [0.4, 0.5) is 0 Å². The Hall–Kier alpha value is -1.78. The summed E-state index contributed by atoms with van der Waals surface area (Å²) in [5, 5.41) is 5.55. The standard InChI is InChI=1S/C17H22N4O4S2/c1-12-18-16(19-25-12)14-10-15(26-11-14)27(23,24)21-8-4-13(5-9-21)17(22)20-6-2-3-7-20/h10-11,13H,2-9H2,1H3. The highest BCUT2D eigenvalue weighted by Gasteiger charge is 2.35. The lowest BCUT2D eigenvalue weighted by Crippen LogP contribution is -2.43. The fraction of sp³-hybridized carbons (Fsp3) is 0.588. The quantitative estimate of drug-likeness (QED) is 0.766. The second kappa shape index (κ2) is 7.33. The average Bonchev–Trinajstić information content (AvgIpc) is 3.42. The van der Waals surface area contributed by atoms with E-state index >= 15 is 0 Å². The van der Waals surface area contributed by atoms with Gasteiger partial charge in [0.2, 0.25) is 17.6 Å². The smallest absolute Gasteiger partial charge is 0.252 e. The molecule has 0 unspecified atom stereocenters. The van der Waals surface area contributed by atoms with Gasteiger partial charge in [-0.3, -0.25) is 4.79 Å². The molecule has 2 aromatic heterocycles. The van der Waals surface area contributed by atoms with E-state index in [-0.39, 0.29) is 16.0 Å². The number of carbonyl (C=O) groups is 1. The van der Waals surface area contributed by atoms with E-state index in [1.165, 1.54) is 4.31 Å². The summed E-state index contributed by atoms with van der Waals surface area (Å²) in [4.78, 5) is 18.6. The van der Waals surface area contributed by atoms with Crippen LogP contribution in [0.5, 0.6) is 0 Å². The van der Waals surface area contributed by atoms with Gasteiger partial charge in [0.05, 0.1) is 0 Å². The van der Waals surface area contributed by atoms with Gasteiger partial charge in [-0.15, -0.1) is 11.3 Å². The molecule has 0 spiro atoms. The second-order valence-corrected chi connectivity index (χ2v) is 10.1. The maximum absolute atomic E-state index is 12.9. The average molecular weight is 411 g/mol. The van der Waals surface area contributed by atoms with Crippen molar-refractivity contribution < 1.29 is 17.7 Å². The van der Waals surface area contributed by atoms with Crippen LogP contribution in [0.2, 0.25) is 0 Å².